The van der Waals surface area contributed by atoms with Crippen LogP contribution < -0.4 is 10.1 Å². The molecule has 2 unspecified atom stereocenters. The highest BCUT2D eigenvalue weighted by molar-refractivity contribution is 5.84. The molecule has 3 aromatic carbocycles. The van der Waals surface area contributed by atoms with Gasteiger partial charge in [-0.15, -0.1) is 0 Å². The smallest absolute Gasteiger partial charge is 0.123 e. The largest absolute Gasteiger partial charge is 0.490 e. The molecule has 29 heavy (non-hydrogen) atoms. The zero-order valence-electron chi connectivity index (χ0n) is 16.4. The zero-order chi connectivity index (χ0) is 20.1. The highest BCUT2D eigenvalue weighted by Crippen LogP contribution is 2.29. The van der Waals surface area contributed by atoms with Crippen molar-refractivity contribution in [2.45, 2.75) is 25.0 Å². The second kappa shape index (κ2) is 9.21. The highest BCUT2D eigenvalue weighted by atomic mass is 19.1. The second-order valence-corrected chi connectivity index (χ2v) is 7.44. The fraction of sp³-hybridized carbons (Fsp3) is 0.280. The van der Waals surface area contributed by atoms with E-state index in [1.54, 1.807) is 6.08 Å². The van der Waals surface area contributed by atoms with Crippen molar-refractivity contribution in [2.75, 3.05) is 19.7 Å². The number of rotatable bonds is 7. The molecule has 4 heteroatoms. The fourth-order valence-corrected chi connectivity index (χ4v) is 3.91. The van der Waals surface area contributed by atoms with Crippen molar-refractivity contribution in [1.29, 1.82) is 0 Å². The van der Waals surface area contributed by atoms with Crippen LogP contribution in [0, 0.1) is 5.82 Å². The third-order valence-electron chi connectivity index (χ3n) is 5.43. The van der Waals surface area contributed by atoms with Crippen LogP contribution in [0.4, 0.5) is 4.39 Å². The molecule has 2 atom stereocenters. The number of halogens is 1. The summed E-state index contributed by atoms with van der Waals surface area (Å²) in [6.45, 7) is 6.49. The molecule has 0 bridgehead atoms. The topological polar surface area (TPSA) is 30.5 Å². The quantitative estimate of drug-likeness (QED) is 0.561. The monoisotopic (exact) mass is 391 g/mol. The molecule has 0 saturated carbocycles. The SMILES string of the molecule is C=CCOc1ccc2cc(COC3CNCCC3c3ccc(F)cc3)ccc2c1. The highest BCUT2D eigenvalue weighted by Gasteiger charge is 2.27. The summed E-state index contributed by atoms with van der Waals surface area (Å²) < 4.78 is 25.2. The van der Waals surface area contributed by atoms with Crippen LogP contribution in [0.25, 0.3) is 10.8 Å². The van der Waals surface area contributed by atoms with Gasteiger partial charge in [-0.05, 0) is 65.2 Å². The van der Waals surface area contributed by atoms with E-state index >= 15 is 0 Å². The lowest BCUT2D eigenvalue weighted by molar-refractivity contribution is 0.0106. The number of hydrogen-bond donors (Lipinski definition) is 1. The lowest BCUT2D eigenvalue weighted by Gasteiger charge is -2.32. The van der Waals surface area contributed by atoms with Crippen LogP contribution in [-0.2, 0) is 11.3 Å². The van der Waals surface area contributed by atoms with E-state index in [-0.39, 0.29) is 17.8 Å². The summed E-state index contributed by atoms with van der Waals surface area (Å²) >= 11 is 0. The molecule has 3 nitrogen and oxygen atoms in total. The van der Waals surface area contributed by atoms with Gasteiger partial charge in [-0.2, -0.15) is 0 Å². The summed E-state index contributed by atoms with van der Waals surface area (Å²) in [6.07, 6.45) is 2.80. The predicted octanol–water partition coefficient (Wildman–Crippen LogP) is 5.21. The Labute approximate surface area is 171 Å². The van der Waals surface area contributed by atoms with Gasteiger partial charge >= 0.3 is 0 Å². The van der Waals surface area contributed by atoms with Crippen molar-refractivity contribution in [3.05, 3.63) is 90.3 Å². The zero-order valence-corrected chi connectivity index (χ0v) is 16.4. The van der Waals surface area contributed by atoms with Crippen molar-refractivity contribution in [2.24, 2.45) is 0 Å². The van der Waals surface area contributed by atoms with Crippen LogP contribution in [0.2, 0.25) is 0 Å². The maximum Gasteiger partial charge on any atom is 0.123 e. The number of benzene rings is 3. The van der Waals surface area contributed by atoms with Gasteiger partial charge in [0.2, 0.25) is 0 Å². The van der Waals surface area contributed by atoms with Gasteiger partial charge in [-0.3, -0.25) is 0 Å². The summed E-state index contributed by atoms with van der Waals surface area (Å²) in [7, 11) is 0. The van der Waals surface area contributed by atoms with Crippen LogP contribution in [0.3, 0.4) is 0 Å². The Morgan fingerprint density at radius 2 is 1.83 bits per heavy atom. The minimum Gasteiger partial charge on any atom is -0.490 e. The maximum atomic E-state index is 13.3. The first-order chi connectivity index (χ1) is 14.2. The Morgan fingerprint density at radius 3 is 2.66 bits per heavy atom. The molecular weight excluding hydrogens is 365 g/mol. The van der Waals surface area contributed by atoms with Gasteiger partial charge in [0.05, 0.1) is 12.7 Å². The molecule has 1 saturated heterocycles. The molecule has 0 aromatic heterocycles. The minimum atomic E-state index is -0.200. The molecule has 0 aliphatic carbocycles. The van der Waals surface area contributed by atoms with E-state index in [0.29, 0.717) is 13.2 Å². The third kappa shape index (κ3) is 4.84. The normalized spacial score (nSPS) is 19.2. The summed E-state index contributed by atoms with van der Waals surface area (Å²) in [5.41, 5.74) is 2.28. The summed E-state index contributed by atoms with van der Waals surface area (Å²) in [4.78, 5) is 0. The first kappa shape index (κ1) is 19.6. The molecule has 4 rings (SSSR count). The van der Waals surface area contributed by atoms with Gasteiger partial charge in [0.1, 0.15) is 18.2 Å². The Bertz CT molecular complexity index is 970. The predicted molar refractivity (Wildman–Crippen MR) is 115 cm³/mol. The first-order valence-corrected chi connectivity index (χ1v) is 10.1. The van der Waals surface area contributed by atoms with Gasteiger partial charge < -0.3 is 14.8 Å². The van der Waals surface area contributed by atoms with Gasteiger partial charge in [-0.25, -0.2) is 4.39 Å². The molecule has 0 spiro atoms. The minimum absolute atomic E-state index is 0.0691. The molecule has 1 N–H and O–H groups in total. The second-order valence-electron chi connectivity index (χ2n) is 7.44. The fourth-order valence-electron chi connectivity index (χ4n) is 3.91. The molecule has 1 heterocycles. The van der Waals surface area contributed by atoms with E-state index in [1.165, 1.54) is 12.1 Å². The molecule has 0 radical (unpaired) electrons. The molecule has 1 aliphatic heterocycles. The lowest BCUT2D eigenvalue weighted by Crippen LogP contribution is -2.40. The van der Waals surface area contributed by atoms with Crippen LogP contribution in [0.15, 0.2) is 73.3 Å². The molecule has 3 aromatic rings. The van der Waals surface area contributed by atoms with Crippen molar-refractivity contribution in [3.63, 3.8) is 0 Å². The Hall–Kier alpha value is -2.69. The number of ether oxygens (including phenoxy) is 2. The molecule has 1 fully saturated rings. The van der Waals surface area contributed by atoms with E-state index < -0.39 is 0 Å². The summed E-state index contributed by atoms with van der Waals surface area (Å²) in [5, 5.41) is 5.71. The van der Waals surface area contributed by atoms with Gasteiger partial charge in [0.25, 0.3) is 0 Å². The first-order valence-electron chi connectivity index (χ1n) is 10.1. The average molecular weight is 391 g/mol. The van der Waals surface area contributed by atoms with E-state index in [1.807, 2.05) is 24.3 Å². The summed E-state index contributed by atoms with van der Waals surface area (Å²) in [6, 6.07) is 19.3. The van der Waals surface area contributed by atoms with Gasteiger partial charge in [0, 0.05) is 12.5 Å². The van der Waals surface area contributed by atoms with Crippen molar-refractivity contribution < 1.29 is 13.9 Å². The van der Waals surface area contributed by atoms with Crippen molar-refractivity contribution >= 4 is 10.8 Å². The molecular formula is C25H26FNO2. The Balaban J connectivity index is 1.44. The number of nitrogens with one attached hydrogen (secondary N) is 1. The van der Waals surface area contributed by atoms with E-state index in [0.717, 1.165) is 47.2 Å². The van der Waals surface area contributed by atoms with Crippen LogP contribution in [-0.4, -0.2) is 25.8 Å². The molecule has 0 amide bonds. The van der Waals surface area contributed by atoms with Crippen molar-refractivity contribution in [3.8, 4) is 5.75 Å². The molecule has 150 valence electrons. The van der Waals surface area contributed by atoms with Crippen LogP contribution in [0.5, 0.6) is 5.75 Å². The standard InChI is InChI=1S/C25H26FNO2/c1-2-13-28-23-10-7-20-14-18(3-4-21(20)15-23)17-29-25-16-27-12-11-24(25)19-5-8-22(26)9-6-19/h2-10,14-15,24-25,27H,1,11-13,16-17H2. The number of fused-ring (bicyclic) bond motifs is 1. The van der Waals surface area contributed by atoms with E-state index in [9.17, 15) is 4.39 Å². The Kier molecular flexibility index (Phi) is 6.23. The maximum absolute atomic E-state index is 13.3. The van der Waals surface area contributed by atoms with Crippen LogP contribution >= 0.6 is 0 Å². The van der Waals surface area contributed by atoms with Crippen molar-refractivity contribution in [1.82, 2.24) is 5.32 Å². The number of piperidine rings is 1. The lowest BCUT2D eigenvalue weighted by atomic mass is 9.88. The van der Waals surface area contributed by atoms with E-state index in [4.69, 9.17) is 9.47 Å². The average Bonchev–Trinajstić information content (AvgIpc) is 2.77. The molecule has 1 aliphatic rings. The van der Waals surface area contributed by atoms with E-state index in [2.05, 4.69) is 36.2 Å². The van der Waals surface area contributed by atoms with Gasteiger partial charge in [0.15, 0.2) is 0 Å². The van der Waals surface area contributed by atoms with Crippen LogP contribution in [0.1, 0.15) is 23.5 Å². The number of hydrogen-bond acceptors (Lipinski definition) is 3. The summed E-state index contributed by atoms with van der Waals surface area (Å²) in [5.74, 6) is 0.924. The Morgan fingerprint density at radius 1 is 1.03 bits per heavy atom. The third-order valence-corrected chi connectivity index (χ3v) is 5.43. The van der Waals surface area contributed by atoms with Gasteiger partial charge in [-0.1, -0.05) is 43.0 Å².